The molecule has 50 heavy (non-hydrogen) atoms. The predicted octanol–water partition coefficient (Wildman–Crippen LogP) is 4.06. The second-order valence-corrected chi connectivity index (χ2v) is 11.1. The van der Waals surface area contributed by atoms with E-state index < -0.39 is 23.9 Å². The molecule has 3 aromatic rings. The first kappa shape index (κ1) is 37.8. The summed E-state index contributed by atoms with van der Waals surface area (Å²) in [6.07, 6.45) is -5.09. The van der Waals surface area contributed by atoms with Crippen LogP contribution < -0.4 is 15.4 Å². The Hall–Kier alpha value is -5.04. The second kappa shape index (κ2) is 16.1. The number of aryl methyl sites for hydroxylation is 2. The van der Waals surface area contributed by atoms with E-state index >= 15 is 0 Å². The van der Waals surface area contributed by atoms with Gasteiger partial charge in [-0.05, 0) is 48.2 Å². The molecule has 1 aromatic carbocycles. The molecule has 13 nitrogen and oxygen atoms in total. The molecule has 2 amide bonds. The zero-order valence-electron chi connectivity index (χ0n) is 26.0. The number of benzene rings is 1. The molecule has 20 heteroatoms. The zero-order valence-corrected chi connectivity index (χ0v) is 26.8. The number of ketones is 2. The summed E-state index contributed by atoms with van der Waals surface area (Å²) in [4.78, 5) is 60.6. The summed E-state index contributed by atoms with van der Waals surface area (Å²) in [5.41, 5.74) is 3.52. The van der Waals surface area contributed by atoms with Crippen LogP contribution in [0.2, 0.25) is 5.02 Å². The van der Waals surface area contributed by atoms with E-state index in [4.69, 9.17) is 21.1 Å². The Morgan fingerprint density at radius 1 is 0.820 bits per heavy atom. The lowest BCUT2D eigenvalue weighted by Crippen LogP contribution is -2.52. The van der Waals surface area contributed by atoms with Crippen molar-refractivity contribution in [3.8, 4) is 5.75 Å². The Balaban J connectivity index is 0.000000402. The van der Waals surface area contributed by atoms with Crippen LogP contribution in [-0.4, -0.2) is 107 Å². The Morgan fingerprint density at radius 2 is 1.44 bits per heavy atom. The third-order valence-electron chi connectivity index (χ3n) is 7.13. The van der Waals surface area contributed by atoms with Gasteiger partial charge in [-0.25, -0.2) is 4.98 Å². The highest BCUT2D eigenvalue weighted by Crippen LogP contribution is 2.30. The highest BCUT2D eigenvalue weighted by molar-refractivity contribution is 6.41. The maximum absolute atomic E-state index is 12.9. The van der Waals surface area contributed by atoms with Gasteiger partial charge in [0.25, 0.3) is 5.91 Å². The Morgan fingerprint density at radius 3 is 2.04 bits per heavy atom. The van der Waals surface area contributed by atoms with E-state index in [0.29, 0.717) is 61.6 Å². The van der Waals surface area contributed by atoms with Crippen molar-refractivity contribution in [1.82, 2.24) is 24.8 Å². The third kappa shape index (κ3) is 10.2. The Bertz CT molecular complexity index is 1710. The van der Waals surface area contributed by atoms with E-state index in [1.165, 1.54) is 13.3 Å². The number of amides is 2. The molecule has 1 saturated heterocycles. The lowest BCUT2D eigenvalue weighted by molar-refractivity contribution is -0.193. The van der Waals surface area contributed by atoms with Gasteiger partial charge < -0.3 is 29.9 Å². The summed E-state index contributed by atoms with van der Waals surface area (Å²) in [7, 11) is 1.49. The summed E-state index contributed by atoms with van der Waals surface area (Å²) in [6, 6.07) is 7.67. The van der Waals surface area contributed by atoms with E-state index in [1.807, 2.05) is 30.5 Å². The number of halogens is 7. The fourth-order valence-electron chi connectivity index (χ4n) is 4.65. The normalized spacial score (nSPS) is 14.3. The first-order valence-electron chi connectivity index (χ1n) is 14.6. The highest BCUT2D eigenvalue weighted by Gasteiger charge is 2.54. The highest BCUT2D eigenvalue weighted by atomic mass is 35.5. The number of pyridine rings is 1. The molecular formula is C30H28ClF6N7O6. The number of hydrogen-bond donors (Lipinski definition) is 2. The molecule has 0 atom stereocenters. The minimum Gasteiger partial charge on any atom is -0.483 e. The topological polar surface area (TPSA) is 156 Å². The SMILES string of the molecule is COCC(=O)N1CCN(C(=O)COc2ccc3cc2CCc2cncc(c2)Nc2ncc(Cl)c(n2)N3)CC1.O=C(C(=O)C(F)(F)F)C(F)(F)F. The summed E-state index contributed by atoms with van der Waals surface area (Å²) >= 11 is 6.34. The summed E-state index contributed by atoms with van der Waals surface area (Å²) in [5.74, 6) is -5.51. The van der Waals surface area contributed by atoms with Crippen molar-refractivity contribution in [3.63, 3.8) is 0 Å². The summed E-state index contributed by atoms with van der Waals surface area (Å²) in [6.45, 7) is 1.85. The summed E-state index contributed by atoms with van der Waals surface area (Å²) in [5, 5.41) is 6.81. The van der Waals surface area contributed by atoms with Crippen LogP contribution in [-0.2, 0) is 36.8 Å². The van der Waals surface area contributed by atoms with E-state index in [1.54, 1.807) is 16.0 Å². The molecule has 1 fully saturated rings. The van der Waals surface area contributed by atoms with E-state index in [0.717, 1.165) is 22.5 Å². The molecule has 2 N–H and O–H groups in total. The van der Waals surface area contributed by atoms with Gasteiger partial charge >= 0.3 is 23.9 Å². The smallest absolute Gasteiger partial charge is 0.458 e. The number of carbonyl (C=O) groups is 4. The van der Waals surface area contributed by atoms with Gasteiger partial charge in [-0.15, -0.1) is 0 Å². The maximum atomic E-state index is 12.9. The van der Waals surface area contributed by atoms with E-state index in [-0.39, 0.29) is 25.0 Å². The molecule has 6 bridgehead atoms. The first-order chi connectivity index (χ1) is 23.5. The van der Waals surface area contributed by atoms with Crippen molar-refractivity contribution in [3.05, 3.63) is 59.0 Å². The van der Waals surface area contributed by atoms with Crippen LogP contribution >= 0.6 is 11.6 Å². The number of Topliss-reactive ketones (excluding diaryl/α,β-unsaturated/α-hetero) is 2. The Kier molecular flexibility index (Phi) is 12.2. The number of hydrogen-bond acceptors (Lipinski definition) is 11. The molecule has 0 spiro atoms. The number of carbonyl (C=O) groups excluding carboxylic acids is 4. The largest absolute Gasteiger partial charge is 0.483 e. The number of methoxy groups -OCH3 is 1. The number of fused-ring (bicyclic) bond motifs is 6. The fraction of sp³-hybridized carbons (Fsp3) is 0.367. The van der Waals surface area contributed by atoms with Crippen LogP contribution in [0.1, 0.15) is 11.1 Å². The molecule has 0 unspecified atom stereocenters. The van der Waals surface area contributed by atoms with Gasteiger partial charge in [0.15, 0.2) is 12.4 Å². The van der Waals surface area contributed by atoms with Crippen LogP contribution in [0.4, 0.5) is 49.5 Å². The molecular weight excluding hydrogens is 704 g/mol. The van der Waals surface area contributed by atoms with Crippen molar-refractivity contribution in [1.29, 1.82) is 0 Å². The van der Waals surface area contributed by atoms with Crippen LogP contribution in [0.15, 0.2) is 42.9 Å². The van der Waals surface area contributed by atoms with Gasteiger partial charge in [0.2, 0.25) is 11.9 Å². The number of alkyl halides is 6. The molecule has 268 valence electrons. The van der Waals surface area contributed by atoms with Crippen molar-refractivity contribution in [2.45, 2.75) is 25.2 Å². The second-order valence-electron chi connectivity index (χ2n) is 10.7. The van der Waals surface area contributed by atoms with Gasteiger partial charge in [-0.3, -0.25) is 24.2 Å². The van der Waals surface area contributed by atoms with E-state index in [9.17, 15) is 45.5 Å². The quantitative estimate of drug-likeness (QED) is 0.279. The summed E-state index contributed by atoms with van der Waals surface area (Å²) < 4.78 is 77.9. The van der Waals surface area contributed by atoms with Gasteiger partial charge in [-0.1, -0.05) is 11.6 Å². The molecule has 0 radical (unpaired) electrons. The van der Waals surface area contributed by atoms with Gasteiger partial charge in [0, 0.05) is 45.2 Å². The van der Waals surface area contributed by atoms with Crippen molar-refractivity contribution in [2.75, 3.05) is 57.1 Å². The van der Waals surface area contributed by atoms with Gasteiger partial charge in [-0.2, -0.15) is 31.3 Å². The minimum absolute atomic E-state index is 0.0478. The molecule has 2 aliphatic heterocycles. The monoisotopic (exact) mass is 731 g/mol. The van der Waals surface area contributed by atoms with Crippen LogP contribution in [0.3, 0.4) is 0 Å². The van der Waals surface area contributed by atoms with Crippen LogP contribution in [0.5, 0.6) is 5.75 Å². The predicted molar refractivity (Wildman–Crippen MR) is 164 cm³/mol. The molecule has 2 aromatic heterocycles. The maximum Gasteiger partial charge on any atom is 0.458 e. The average molecular weight is 732 g/mol. The van der Waals surface area contributed by atoms with Gasteiger partial charge in [0.1, 0.15) is 17.4 Å². The molecule has 0 aliphatic carbocycles. The average Bonchev–Trinajstić information content (AvgIpc) is 3.07. The number of aromatic nitrogens is 3. The fourth-order valence-corrected chi connectivity index (χ4v) is 4.79. The standard InChI is InChI=1S/C26H28ClN7O4.C4F6O2/c1-37-15-23(35)33-6-8-34(9-7-33)24(36)16-38-22-5-4-19-11-18(22)3-2-17-10-20(13-28-12-17)31-26-29-14-21(27)25(30-19)32-26;5-3(6,7)1(11)2(12)4(8,9)10/h4-5,10-14H,2-3,6-9,15-16H2,1H3,(H2,29,30,31,32);. The van der Waals surface area contributed by atoms with Crippen LogP contribution in [0.25, 0.3) is 0 Å². The number of ether oxygens (including phenoxy) is 2. The number of piperazine rings is 1. The third-order valence-corrected chi connectivity index (χ3v) is 7.40. The number of rotatable bonds is 6. The number of nitrogens with one attached hydrogen (secondary N) is 2. The molecule has 2 aliphatic rings. The van der Waals surface area contributed by atoms with Gasteiger partial charge in [0.05, 0.1) is 18.1 Å². The molecule has 4 heterocycles. The molecule has 0 saturated carbocycles. The first-order valence-corrected chi connectivity index (χ1v) is 15.0. The lowest BCUT2D eigenvalue weighted by Gasteiger charge is -2.34. The van der Waals surface area contributed by atoms with E-state index in [2.05, 4.69) is 25.6 Å². The van der Waals surface area contributed by atoms with Crippen molar-refractivity contribution in [2.24, 2.45) is 0 Å². The van der Waals surface area contributed by atoms with Crippen LogP contribution in [0, 0.1) is 0 Å². The van der Waals surface area contributed by atoms with Crippen molar-refractivity contribution >= 4 is 58.1 Å². The minimum atomic E-state index is -5.77. The Labute approximate surface area is 284 Å². The number of nitrogens with zero attached hydrogens (tertiary/aromatic N) is 5. The molecule has 5 rings (SSSR count). The van der Waals surface area contributed by atoms with Crippen molar-refractivity contribution < 1.29 is 55.0 Å². The number of anilines is 4. The zero-order chi connectivity index (χ0) is 36.6. The lowest BCUT2D eigenvalue weighted by atomic mass is 10.0.